The highest BCUT2D eigenvalue weighted by atomic mass is 32.1. The summed E-state index contributed by atoms with van der Waals surface area (Å²) >= 11 is 1.51. The van der Waals surface area contributed by atoms with Crippen LogP contribution in [-0.2, 0) is 14.3 Å². The molecule has 1 aliphatic carbocycles. The van der Waals surface area contributed by atoms with Crippen molar-refractivity contribution in [1.82, 2.24) is 10.6 Å². The molecule has 0 fully saturated rings. The first-order valence-electron chi connectivity index (χ1n) is 11.1. The second-order valence-corrected chi connectivity index (χ2v) is 9.08. The summed E-state index contributed by atoms with van der Waals surface area (Å²) in [6.45, 7) is 2.00. The van der Waals surface area contributed by atoms with E-state index in [1.54, 1.807) is 0 Å². The topological polar surface area (TPSA) is 105 Å². The minimum atomic E-state index is -1.25. The van der Waals surface area contributed by atoms with Crippen molar-refractivity contribution >= 4 is 29.3 Å². The Morgan fingerprint density at radius 3 is 2.18 bits per heavy atom. The van der Waals surface area contributed by atoms with Gasteiger partial charge in [0, 0.05) is 10.8 Å². The number of aliphatic carboxylic acids is 1. The van der Waals surface area contributed by atoms with Crippen LogP contribution in [0, 0.1) is 0 Å². The lowest BCUT2D eigenvalue weighted by molar-refractivity contribution is -0.140. The quantitative estimate of drug-likeness (QED) is 0.414. The third-order valence-electron chi connectivity index (χ3n) is 5.94. The number of hydrogen-bond donors (Lipinski definition) is 3. The van der Waals surface area contributed by atoms with E-state index < -0.39 is 30.4 Å². The molecule has 7 nitrogen and oxygen atoms in total. The molecule has 0 bridgehead atoms. The van der Waals surface area contributed by atoms with Gasteiger partial charge in [-0.1, -0.05) is 61.5 Å². The van der Waals surface area contributed by atoms with Crippen LogP contribution in [0.15, 0.2) is 66.0 Å². The number of carbonyl (C=O) groups excluding carboxylic acids is 2. The van der Waals surface area contributed by atoms with Gasteiger partial charge in [0.05, 0.1) is 12.5 Å². The fourth-order valence-corrected chi connectivity index (χ4v) is 5.16. The van der Waals surface area contributed by atoms with Crippen molar-refractivity contribution in [2.45, 2.75) is 37.8 Å². The zero-order valence-corrected chi connectivity index (χ0v) is 19.5. The van der Waals surface area contributed by atoms with Crippen molar-refractivity contribution in [2.24, 2.45) is 0 Å². The smallest absolute Gasteiger partial charge is 0.407 e. The van der Waals surface area contributed by atoms with E-state index in [0.717, 1.165) is 27.1 Å². The van der Waals surface area contributed by atoms with Crippen LogP contribution in [0.1, 0.15) is 47.7 Å². The summed E-state index contributed by atoms with van der Waals surface area (Å²) in [5.74, 6) is -1.88. The Hall–Kier alpha value is -3.65. The fraction of sp³-hybridized carbons (Fsp3) is 0.269. The Labute approximate surface area is 201 Å². The number of benzene rings is 2. The molecule has 1 aromatic heterocycles. The van der Waals surface area contributed by atoms with Crippen molar-refractivity contribution in [3.63, 3.8) is 0 Å². The second kappa shape index (κ2) is 10.5. The van der Waals surface area contributed by atoms with E-state index in [4.69, 9.17) is 4.74 Å². The monoisotopic (exact) mass is 478 g/mol. The SMILES string of the molecule is CCC(NC(=O)C(CC(=O)O)NC(=O)OCC1c2ccccc2-c2ccccc21)c1cccs1. The molecule has 4 rings (SSSR count). The highest BCUT2D eigenvalue weighted by Gasteiger charge is 2.30. The number of fused-ring (bicyclic) bond motifs is 3. The number of carboxylic acids is 1. The second-order valence-electron chi connectivity index (χ2n) is 8.11. The van der Waals surface area contributed by atoms with Crippen molar-refractivity contribution in [1.29, 1.82) is 0 Å². The molecule has 0 radical (unpaired) electrons. The first kappa shape index (κ1) is 23.5. The molecule has 1 aliphatic rings. The minimum Gasteiger partial charge on any atom is -0.481 e. The number of carboxylic acid groups (broad SMARTS) is 1. The molecule has 2 atom stereocenters. The van der Waals surface area contributed by atoms with Crippen LogP contribution in [0.5, 0.6) is 0 Å². The van der Waals surface area contributed by atoms with E-state index >= 15 is 0 Å². The van der Waals surface area contributed by atoms with Crippen LogP contribution in [0.25, 0.3) is 11.1 Å². The predicted octanol–water partition coefficient (Wildman–Crippen LogP) is 4.70. The predicted molar refractivity (Wildman–Crippen MR) is 130 cm³/mol. The molecule has 3 N–H and O–H groups in total. The van der Waals surface area contributed by atoms with Crippen LogP contribution in [0.4, 0.5) is 4.79 Å². The lowest BCUT2D eigenvalue weighted by atomic mass is 9.98. The molecule has 3 aromatic rings. The number of rotatable bonds is 9. The molecular formula is C26H26N2O5S. The lowest BCUT2D eigenvalue weighted by Gasteiger charge is -2.21. The molecule has 8 heteroatoms. The van der Waals surface area contributed by atoms with E-state index in [-0.39, 0.29) is 18.6 Å². The van der Waals surface area contributed by atoms with Gasteiger partial charge >= 0.3 is 12.1 Å². The summed E-state index contributed by atoms with van der Waals surface area (Å²) in [6.07, 6.45) is -0.735. The molecule has 34 heavy (non-hydrogen) atoms. The van der Waals surface area contributed by atoms with Gasteiger partial charge in [-0.2, -0.15) is 0 Å². The van der Waals surface area contributed by atoms with Crippen LogP contribution < -0.4 is 10.6 Å². The average Bonchev–Trinajstić information content (AvgIpc) is 3.47. The highest BCUT2D eigenvalue weighted by molar-refractivity contribution is 7.10. The molecule has 2 amide bonds. The summed E-state index contributed by atoms with van der Waals surface area (Å²) in [6, 6.07) is 18.2. The number of ether oxygens (including phenoxy) is 1. The number of amides is 2. The maximum Gasteiger partial charge on any atom is 0.407 e. The summed E-state index contributed by atoms with van der Waals surface area (Å²) in [7, 11) is 0. The third kappa shape index (κ3) is 5.12. The Morgan fingerprint density at radius 2 is 1.62 bits per heavy atom. The fourth-order valence-electron chi connectivity index (χ4n) is 4.30. The van der Waals surface area contributed by atoms with E-state index in [1.165, 1.54) is 11.3 Å². The van der Waals surface area contributed by atoms with Crippen LogP contribution >= 0.6 is 11.3 Å². The van der Waals surface area contributed by atoms with Crippen molar-refractivity contribution in [2.75, 3.05) is 6.61 Å². The molecular weight excluding hydrogens is 452 g/mol. The number of carbonyl (C=O) groups is 3. The van der Waals surface area contributed by atoms with Crippen LogP contribution in [0.3, 0.4) is 0 Å². The van der Waals surface area contributed by atoms with Crippen molar-refractivity contribution in [3.8, 4) is 11.1 Å². The molecule has 2 unspecified atom stereocenters. The van der Waals surface area contributed by atoms with Gasteiger partial charge in [-0.05, 0) is 40.1 Å². The summed E-state index contributed by atoms with van der Waals surface area (Å²) < 4.78 is 5.48. The number of hydrogen-bond acceptors (Lipinski definition) is 5. The molecule has 0 saturated carbocycles. The zero-order valence-electron chi connectivity index (χ0n) is 18.7. The van der Waals surface area contributed by atoms with Gasteiger partial charge in [0.25, 0.3) is 0 Å². The maximum absolute atomic E-state index is 12.8. The normalized spacial score (nSPS) is 13.9. The van der Waals surface area contributed by atoms with E-state index in [9.17, 15) is 19.5 Å². The van der Waals surface area contributed by atoms with Crippen LogP contribution in [0.2, 0.25) is 0 Å². The number of nitrogens with one attached hydrogen (secondary N) is 2. The summed E-state index contributed by atoms with van der Waals surface area (Å²) in [4.78, 5) is 37.7. The van der Waals surface area contributed by atoms with Crippen LogP contribution in [-0.4, -0.2) is 35.7 Å². The standard InChI is InChI=1S/C26H26N2O5S/c1-2-21(23-12-7-13-34-23)27-25(31)22(14-24(29)30)28-26(32)33-15-20-18-10-5-3-8-16(18)17-9-4-6-11-19(17)20/h3-13,20-22H,2,14-15H2,1H3,(H,27,31)(H,28,32)(H,29,30). The Kier molecular flexibility index (Phi) is 7.27. The van der Waals surface area contributed by atoms with Gasteiger partial charge in [0.15, 0.2) is 0 Å². The third-order valence-corrected chi connectivity index (χ3v) is 6.93. The highest BCUT2D eigenvalue weighted by Crippen LogP contribution is 2.44. The summed E-state index contributed by atoms with van der Waals surface area (Å²) in [5, 5.41) is 16.5. The average molecular weight is 479 g/mol. The number of thiophene rings is 1. The van der Waals surface area contributed by atoms with E-state index in [2.05, 4.69) is 10.6 Å². The van der Waals surface area contributed by atoms with Gasteiger partial charge in [-0.25, -0.2) is 4.79 Å². The molecule has 2 aromatic carbocycles. The van der Waals surface area contributed by atoms with Gasteiger partial charge in [0.1, 0.15) is 12.6 Å². The molecule has 0 spiro atoms. The van der Waals surface area contributed by atoms with Gasteiger partial charge in [-0.15, -0.1) is 11.3 Å². The maximum atomic E-state index is 12.8. The molecule has 0 saturated heterocycles. The Bertz CT molecular complexity index is 1130. The Morgan fingerprint density at radius 1 is 0.971 bits per heavy atom. The number of alkyl carbamates (subject to hydrolysis) is 1. The van der Waals surface area contributed by atoms with E-state index in [0.29, 0.717) is 6.42 Å². The van der Waals surface area contributed by atoms with Gasteiger partial charge < -0.3 is 20.5 Å². The molecule has 1 heterocycles. The lowest BCUT2D eigenvalue weighted by Crippen LogP contribution is -2.48. The van der Waals surface area contributed by atoms with Gasteiger partial charge in [-0.3, -0.25) is 9.59 Å². The summed E-state index contributed by atoms with van der Waals surface area (Å²) in [5.41, 5.74) is 4.35. The first-order valence-corrected chi connectivity index (χ1v) is 12.0. The Balaban J connectivity index is 1.42. The first-order chi connectivity index (χ1) is 16.5. The van der Waals surface area contributed by atoms with Gasteiger partial charge in [0.2, 0.25) is 5.91 Å². The van der Waals surface area contributed by atoms with Crippen molar-refractivity contribution < 1.29 is 24.2 Å². The molecule has 176 valence electrons. The van der Waals surface area contributed by atoms with Crippen molar-refractivity contribution in [3.05, 3.63) is 82.0 Å². The largest absolute Gasteiger partial charge is 0.481 e. The molecule has 0 aliphatic heterocycles. The van der Waals surface area contributed by atoms with E-state index in [1.807, 2.05) is 73.0 Å². The zero-order chi connectivity index (χ0) is 24.1. The minimum absolute atomic E-state index is 0.0774.